The van der Waals surface area contributed by atoms with Crippen LogP contribution in [0.1, 0.15) is 24.5 Å². The third-order valence-corrected chi connectivity index (χ3v) is 6.92. The van der Waals surface area contributed by atoms with Crippen molar-refractivity contribution in [1.29, 1.82) is 0 Å². The average molecular weight is 559 g/mol. The third kappa shape index (κ3) is 5.33. The van der Waals surface area contributed by atoms with Crippen molar-refractivity contribution in [1.82, 2.24) is 9.97 Å². The van der Waals surface area contributed by atoms with Crippen LogP contribution in [0.4, 0.5) is 39.3 Å². The average Bonchev–Trinajstić information content (AvgIpc) is 2.97. The molecule has 5 rings (SSSR count). The molecular formula is C30H31ClN6O3. The van der Waals surface area contributed by atoms with Gasteiger partial charge in [0.1, 0.15) is 11.5 Å². The Balaban J connectivity index is 1.57. The molecule has 2 N–H and O–H groups in total. The first-order chi connectivity index (χ1) is 19.4. The molecule has 0 radical (unpaired) electrons. The van der Waals surface area contributed by atoms with Crippen molar-refractivity contribution < 1.29 is 14.3 Å². The van der Waals surface area contributed by atoms with E-state index in [1.165, 1.54) is 4.90 Å². The second-order valence-corrected chi connectivity index (χ2v) is 9.73. The fourth-order valence-corrected chi connectivity index (χ4v) is 4.93. The number of benzene rings is 3. The topological polar surface area (TPSA) is 91.9 Å². The Hall–Kier alpha value is -4.50. The van der Waals surface area contributed by atoms with Crippen LogP contribution in [0.2, 0.25) is 5.02 Å². The lowest BCUT2D eigenvalue weighted by molar-refractivity contribution is 0.252. The summed E-state index contributed by atoms with van der Waals surface area (Å²) in [5, 5.41) is 7.10. The molecule has 0 saturated heterocycles. The van der Waals surface area contributed by atoms with Crippen molar-refractivity contribution in [2.75, 3.05) is 41.2 Å². The van der Waals surface area contributed by atoms with Crippen LogP contribution in [0, 0.1) is 6.92 Å². The van der Waals surface area contributed by atoms with Crippen molar-refractivity contribution in [2.24, 2.45) is 0 Å². The number of nitrogens with one attached hydrogen (secondary N) is 2. The molecule has 206 valence electrons. The Bertz CT molecular complexity index is 1510. The minimum absolute atomic E-state index is 0.256. The first-order valence-corrected chi connectivity index (χ1v) is 13.4. The number of amides is 2. The van der Waals surface area contributed by atoms with E-state index in [1.807, 2.05) is 43.3 Å². The number of halogens is 1. The minimum atomic E-state index is -0.317. The number of methoxy groups -OCH3 is 2. The summed E-state index contributed by atoms with van der Waals surface area (Å²) in [5.41, 5.74) is 4.64. The molecule has 10 heteroatoms. The number of nitrogens with zero attached hydrogens (tertiary/aromatic N) is 4. The quantitative estimate of drug-likeness (QED) is 0.223. The maximum absolute atomic E-state index is 14.2. The number of urea groups is 1. The van der Waals surface area contributed by atoms with Crippen LogP contribution >= 0.6 is 11.6 Å². The first kappa shape index (κ1) is 27.1. The van der Waals surface area contributed by atoms with E-state index in [1.54, 1.807) is 49.6 Å². The fourth-order valence-electron chi connectivity index (χ4n) is 4.61. The molecule has 40 heavy (non-hydrogen) atoms. The number of aryl methyl sites for hydroxylation is 1. The molecule has 0 aliphatic carbocycles. The molecule has 1 aromatic heterocycles. The molecule has 4 aromatic rings. The van der Waals surface area contributed by atoms with Crippen LogP contribution in [-0.4, -0.2) is 36.8 Å². The maximum Gasteiger partial charge on any atom is 0.335 e. The van der Waals surface area contributed by atoms with Crippen molar-refractivity contribution >= 4 is 52.1 Å². The zero-order valence-corrected chi connectivity index (χ0v) is 23.6. The van der Waals surface area contributed by atoms with E-state index in [0.29, 0.717) is 39.7 Å². The molecule has 0 atom stereocenters. The second kappa shape index (κ2) is 11.7. The summed E-state index contributed by atoms with van der Waals surface area (Å²) in [6, 6.07) is 18.4. The number of aromatic nitrogens is 2. The molecule has 1 aliphatic rings. The van der Waals surface area contributed by atoms with Gasteiger partial charge >= 0.3 is 6.03 Å². The highest BCUT2D eigenvalue weighted by Crippen LogP contribution is 2.43. The number of carbonyl (C=O) groups excluding carboxylic acids is 1. The van der Waals surface area contributed by atoms with Crippen LogP contribution in [0.15, 0.2) is 66.9 Å². The summed E-state index contributed by atoms with van der Waals surface area (Å²) in [6.07, 6.45) is 2.78. The summed E-state index contributed by atoms with van der Waals surface area (Å²) >= 11 is 6.60. The van der Waals surface area contributed by atoms with Gasteiger partial charge in [-0.15, -0.1) is 0 Å². The predicted octanol–water partition coefficient (Wildman–Crippen LogP) is 7.30. The number of carbonyl (C=O) groups is 1. The van der Waals surface area contributed by atoms with Crippen molar-refractivity contribution in [2.45, 2.75) is 26.8 Å². The Labute approximate surface area is 238 Å². The van der Waals surface area contributed by atoms with E-state index >= 15 is 0 Å². The van der Waals surface area contributed by atoms with Gasteiger partial charge in [0.15, 0.2) is 5.82 Å². The van der Waals surface area contributed by atoms with Crippen molar-refractivity contribution in [3.8, 4) is 11.5 Å². The Kier molecular flexibility index (Phi) is 7.93. The summed E-state index contributed by atoms with van der Waals surface area (Å²) in [6.45, 7) is 5.21. The molecule has 0 unspecified atom stereocenters. The van der Waals surface area contributed by atoms with E-state index < -0.39 is 0 Å². The highest BCUT2D eigenvalue weighted by molar-refractivity contribution is 6.34. The van der Waals surface area contributed by atoms with Gasteiger partial charge < -0.3 is 20.1 Å². The van der Waals surface area contributed by atoms with Gasteiger partial charge in [-0.2, -0.15) is 4.98 Å². The molecule has 0 bridgehead atoms. The number of para-hydroxylation sites is 1. The van der Waals surface area contributed by atoms with E-state index in [4.69, 9.17) is 26.1 Å². The largest absolute Gasteiger partial charge is 0.497 e. The molecule has 2 amide bonds. The number of rotatable bonds is 9. The molecule has 0 fully saturated rings. The molecular weight excluding hydrogens is 528 g/mol. The van der Waals surface area contributed by atoms with E-state index in [2.05, 4.69) is 22.5 Å². The second-order valence-electron chi connectivity index (χ2n) is 9.32. The number of hydrogen-bond acceptors (Lipinski definition) is 7. The highest BCUT2D eigenvalue weighted by atomic mass is 35.5. The normalized spacial score (nSPS) is 12.7. The van der Waals surface area contributed by atoms with Gasteiger partial charge in [0.05, 0.1) is 37.2 Å². The molecule has 2 heterocycles. The molecule has 0 saturated carbocycles. The van der Waals surface area contributed by atoms with Gasteiger partial charge in [-0.1, -0.05) is 30.7 Å². The zero-order valence-electron chi connectivity index (χ0n) is 22.9. The van der Waals surface area contributed by atoms with E-state index in [-0.39, 0.29) is 12.6 Å². The molecule has 0 spiro atoms. The fraction of sp³-hybridized carbons (Fsp3) is 0.233. The molecule has 1 aliphatic heterocycles. The van der Waals surface area contributed by atoms with Gasteiger partial charge in [-0.05, 0) is 61.4 Å². The van der Waals surface area contributed by atoms with Gasteiger partial charge in [0, 0.05) is 35.7 Å². The Morgan fingerprint density at radius 2 is 1.80 bits per heavy atom. The smallest absolute Gasteiger partial charge is 0.335 e. The first-order valence-electron chi connectivity index (χ1n) is 13.0. The summed E-state index contributed by atoms with van der Waals surface area (Å²) in [7, 11) is 3.13. The summed E-state index contributed by atoms with van der Waals surface area (Å²) in [5.74, 6) is 1.87. The van der Waals surface area contributed by atoms with Gasteiger partial charge in [0.2, 0.25) is 5.95 Å². The van der Waals surface area contributed by atoms with Gasteiger partial charge in [-0.3, -0.25) is 4.90 Å². The SMILES string of the molecule is CCCNc1ccc(Nc2ncc3c(n2)N(c2ccc(OC)cc2OC)C(=O)N(c2c(C)cccc2Cl)C3)cc1. The van der Waals surface area contributed by atoms with Crippen LogP contribution in [0.25, 0.3) is 0 Å². The summed E-state index contributed by atoms with van der Waals surface area (Å²) < 4.78 is 11.1. The number of fused-ring (bicyclic) bond motifs is 1. The van der Waals surface area contributed by atoms with E-state index in [0.717, 1.165) is 35.5 Å². The number of ether oxygens (including phenoxy) is 2. The van der Waals surface area contributed by atoms with Gasteiger partial charge in [-0.25, -0.2) is 14.7 Å². The van der Waals surface area contributed by atoms with E-state index in [9.17, 15) is 4.79 Å². The lowest BCUT2D eigenvalue weighted by Gasteiger charge is -2.37. The highest BCUT2D eigenvalue weighted by Gasteiger charge is 2.37. The summed E-state index contributed by atoms with van der Waals surface area (Å²) in [4.78, 5) is 26.8. The van der Waals surface area contributed by atoms with Gasteiger partial charge in [0.25, 0.3) is 0 Å². The number of hydrogen-bond donors (Lipinski definition) is 2. The minimum Gasteiger partial charge on any atom is -0.497 e. The molecule has 3 aromatic carbocycles. The predicted molar refractivity (Wildman–Crippen MR) is 160 cm³/mol. The molecule has 9 nitrogen and oxygen atoms in total. The van der Waals surface area contributed by atoms with Crippen molar-refractivity contribution in [3.63, 3.8) is 0 Å². The third-order valence-electron chi connectivity index (χ3n) is 6.61. The van der Waals surface area contributed by atoms with Crippen LogP contribution in [-0.2, 0) is 6.54 Å². The Morgan fingerprint density at radius 1 is 1.02 bits per heavy atom. The Morgan fingerprint density at radius 3 is 2.50 bits per heavy atom. The van der Waals surface area contributed by atoms with Crippen LogP contribution in [0.5, 0.6) is 11.5 Å². The number of anilines is 6. The van der Waals surface area contributed by atoms with Crippen molar-refractivity contribution in [3.05, 3.63) is 83.0 Å². The lowest BCUT2D eigenvalue weighted by atomic mass is 10.1. The standard InChI is InChI=1S/C30H31ClN6O3/c1-5-15-32-21-9-11-22(12-10-21)34-29-33-17-20-18-36(27-19(2)7-6-8-24(27)31)30(38)37(28(20)35-29)25-14-13-23(39-3)16-26(25)40-4/h6-14,16-17,32H,5,15,18H2,1-4H3,(H,33,34,35). The van der Waals surface area contributed by atoms with Crippen LogP contribution < -0.4 is 29.9 Å². The maximum atomic E-state index is 14.2. The lowest BCUT2D eigenvalue weighted by Crippen LogP contribution is -2.46. The monoisotopic (exact) mass is 558 g/mol. The van der Waals surface area contributed by atoms with Crippen LogP contribution in [0.3, 0.4) is 0 Å². The zero-order chi connectivity index (χ0) is 28.2.